The molecule has 0 aliphatic carbocycles. The van der Waals surface area contributed by atoms with Gasteiger partial charge in [0.25, 0.3) is 5.91 Å². The molecule has 0 saturated carbocycles. The first kappa shape index (κ1) is 47.1. The molecule has 1 amide bonds. The van der Waals surface area contributed by atoms with E-state index in [4.69, 9.17) is 5.41 Å². The van der Waals surface area contributed by atoms with Gasteiger partial charge in [0.1, 0.15) is 5.82 Å². The van der Waals surface area contributed by atoms with Crippen LogP contribution in [0.15, 0.2) is 78.1 Å². The number of nitrogens with zero attached hydrogens (tertiary/aromatic N) is 3. The van der Waals surface area contributed by atoms with Crippen molar-refractivity contribution < 1.29 is 56.2 Å². The average Bonchev–Trinajstić information content (AvgIpc) is 2.97. The van der Waals surface area contributed by atoms with Crippen LogP contribution in [0, 0.1) is 19.4 Å². The number of carbonyl (C=O) groups is 1. The largest absolute Gasteiger partial charge is 1.00 e. The molecule has 1 aromatic rings. The smallest absolute Gasteiger partial charge is 0.811 e. The molecule has 0 radical (unpaired) electrons. The molecule has 0 aliphatic heterocycles. The van der Waals surface area contributed by atoms with E-state index in [-0.39, 0.29) is 64.7 Å². The van der Waals surface area contributed by atoms with Crippen LogP contribution in [0.3, 0.4) is 0 Å². The van der Waals surface area contributed by atoms with E-state index >= 15 is 0 Å². The van der Waals surface area contributed by atoms with Gasteiger partial charge in [-0.1, -0.05) is 77.8 Å². The predicted molar refractivity (Wildman–Crippen MR) is 185 cm³/mol. The molecule has 0 bridgehead atoms. The van der Waals surface area contributed by atoms with E-state index in [1.165, 1.54) is 31.3 Å². The number of hydrogen-bond donors (Lipinski definition) is 1. The molecule has 1 rings (SSSR count). The molecule has 0 saturated heterocycles. The van der Waals surface area contributed by atoms with Crippen LogP contribution in [-0.2, 0) is 4.79 Å². The molecule has 6 heteroatoms. The van der Waals surface area contributed by atoms with Crippen molar-refractivity contribution in [1.29, 1.82) is 0 Å². The van der Waals surface area contributed by atoms with Crippen molar-refractivity contribution in [2.24, 2.45) is 5.92 Å². The fraction of sp³-hybridized carbons (Fsp3) is 0.444. The summed E-state index contributed by atoms with van der Waals surface area (Å²) in [6.07, 6.45) is 18.6. The van der Waals surface area contributed by atoms with Crippen LogP contribution in [0.5, 0.6) is 0 Å². The van der Waals surface area contributed by atoms with E-state index in [1.54, 1.807) is 31.3 Å². The second-order valence-electron chi connectivity index (χ2n) is 9.21. The van der Waals surface area contributed by atoms with Gasteiger partial charge in [0, 0.05) is 32.9 Å². The molecular formula is C36H57KN4O-2. The standard InChI is InChI=1S/C18H31NO.C15H17N3.C2H6.CH3.K/c1-8-11-17(12-9-2)15(5)14(4)13-16(10-3)18(20)19(6)7;1-4-5-6-12(2)14(9-10-16)13-7-8-15(17-3)18-11-13;1-2;;/h10,13,17H,5,8-9,11-12H2,1-4,6-7H3;6-11H,2,4H2,1,3H3,(H,17,18);1-2H3;1H3;/q;-2;;-1;+1/b14-13-,16-10+;14-9+;;;. The van der Waals surface area contributed by atoms with E-state index in [0.29, 0.717) is 5.92 Å². The van der Waals surface area contributed by atoms with Gasteiger partial charge in [-0.05, 0) is 61.5 Å². The quantitative estimate of drug-likeness (QED) is 0.0850. The second kappa shape index (κ2) is 29.2. The van der Waals surface area contributed by atoms with Crippen LogP contribution in [0.2, 0.25) is 0 Å². The number of anilines is 1. The van der Waals surface area contributed by atoms with E-state index < -0.39 is 0 Å². The molecule has 0 atom stereocenters. The van der Waals surface area contributed by atoms with Crippen molar-refractivity contribution >= 4 is 23.5 Å². The molecule has 5 nitrogen and oxygen atoms in total. The number of carbonyl (C=O) groups excluding carboxylic acids is 1. The van der Waals surface area contributed by atoms with Gasteiger partial charge in [0.15, 0.2) is 0 Å². The van der Waals surface area contributed by atoms with E-state index in [2.05, 4.69) is 50.3 Å². The molecule has 230 valence electrons. The third kappa shape index (κ3) is 18.7. The maximum absolute atomic E-state index is 12.0. The molecule has 0 spiro atoms. The fourth-order valence-electron chi connectivity index (χ4n) is 3.83. The van der Waals surface area contributed by atoms with E-state index in [0.717, 1.165) is 46.3 Å². The molecule has 0 aromatic carbocycles. The molecule has 42 heavy (non-hydrogen) atoms. The first-order valence-corrected chi connectivity index (χ1v) is 14.4. The molecular weight excluding hydrogens is 544 g/mol. The predicted octanol–water partition coefficient (Wildman–Crippen LogP) is 6.69. The number of likely N-dealkylation sites (N-methyl/N-ethyl adjacent to an activating group) is 1. The van der Waals surface area contributed by atoms with Crippen LogP contribution in [0.1, 0.15) is 86.1 Å². The zero-order valence-corrected chi connectivity index (χ0v) is 32.0. The van der Waals surface area contributed by atoms with Crippen molar-refractivity contribution in [2.75, 3.05) is 26.5 Å². The number of rotatable bonds is 14. The topological polar surface area (TPSA) is 67.5 Å². The van der Waals surface area contributed by atoms with E-state index in [9.17, 15) is 4.79 Å². The van der Waals surface area contributed by atoms with Crippen molar-refractivity contribution in [1.82, 2.24) is 9.88 Å². The zero-order valence-electron chi connectivity index (χ0n) is 28.9. The van der Waals surface area contributed by atoms with E-state index in [1.807, 2.05) is 65.1 Å². The van der Waals surface area contributed by atoms with Crippen molar-refractivity contribution in [3.63, 3.8) is 0 Å². The summed E-state index contributed by atoms with van der Waals surface area (Å²) in [6, 6.07) is 3.81. The number of amides is 1. The van der Waals surface area contributed by atoms with Crippen molar-refractivity contribution in [3.05, 3.63) is 103 Å². The van der Waals surface area contributed by atoms with Gasteiger partial charge < -0.3 is 23.1 Å². The summed E-state index contributed by atoms with van der Waals surface area (Å²) in [5.41, 5.74) is 5.56. The third-order valence-electron chi connectivity index (χ3n) is 6.01. The summed E-state index contributed by atoms with van der Waals surface area (Å²) in [5, 5.41) is 11.9. The Morgan fingerprint density at radius 2 is 1.71 bits per heavy atom. The summed E-state index contributed by atoms with van der Waals surface area (Å²) in [5.74, 6) is 1.38. The maximum Gasteiger partial charge on any atom is 1.00 e. The van der Waals surface area contributed by atoms with Gasteiger partial charge in [0.2, 0.25) is 0 Å². The summed E-state index contributed by atoms with van der Waals surface area (Å²) in [7, 11) is 5.37. The van der Waals surface area contributed by atoms with Gasteiger partial charge in [-0.3, -0.25) is 10.9 Å². The van der Waals surface area contributed by atoms with Gasteiger partial charge >= 0.3 is 51.4 Å². The molecule has 1 heterocycles. The number of pyridine rings is 1. The zero-order chi connectivity index (χ0) is 31.1. The van der Waals surface area contributed by atoms with Crippen LogP contribution >= 0.6 is 0 Å². The Balaban J connectivity index is -0.000000311. The number of hydrogen-bond acceptors (Lipinski definition) is 3. The monoisotopic (exact) mass is 600 g/mol. The minimum atomic E-state index is 0. The Morgan fingerprint density at radius 1 is 1.14 bits per heavy atom. The van der Waals surface area contributed by atoms with Gasteiger partial charge in [-0.25, -0.2) is 11.1 Å². The Hall–Kier alpha value is -1.83. The normalized spacial score (nSPS) is 11.2. The Bertz CT molecular complexity index is 1020. The first-order chi connectivity index (χ1) is 19.1. The fourth-order valence-corrected chi connectivity index (χ4v) is 3.83. The molecule has 0 unspecified atom stereocenters. The summed E-state index contributed by atoms with van der Waals surface area (Å²) < 4.78 is 0. The van der Waals surface area contributed by atoms with Crippen molar-refractivity contribution in [2.45, 2.75) is 80.6 Å². The van der Waals surface area contributed by atoms with Crippen LogP contribution in [0.25, 0.3) is 11.0 Å². The minimum Gasteiger partial charge on any atom is -0.811 e. The van der Waals surface area contributed by atoms with Gasteiger partial charge in [0.05, 0.1) is 0 Å². The third-order valence-corrected chi connectivity index (χ3v) is 6.01. The van der Waals surface area contributed by atoms with Crippen molar-refractivity contribution in [3.8, 4) is 0 Å². The summed E-state index contributed by atoms with van der Waals surface area (Å²) in [4.78, 5) is 17.9. The van der Waals surface area contributed by atoms with Crippen LogP contribution in [-0.4, -0.2) is 43.1 Å². The Kier molecular flexibility index (Phi) is 32.8. The van der Waals surface area contributed by atoms with Crippen LogP contribution < -0.4 is 56.7 Å². The maximum atomic E-state index is 12.0. The Labute approximate surface area is 302 Å². The second-order valence-corrected chi connectivity index (χ2v) is 9.21. The summed E-state index contributed by atoms with van der Waals surface area (Å²) >= 11 is 0. The first-order valence-electron chi connectivity index (χ1n) is 14.4. The molecule has 1 aromatic heterocycles. The minimum absolute atomic E-state index is 0. The number of aromatic nitrogens is 1. The molecule has 0 aliphatic rings. The summed E-state index contributed by atoms with van der Waals surface area (Å²) in [6.45, 7) is 22.6. The number of nitrogens with one attached hydrogen (secondary N) is 1. The average molecular weight is 601 g/mol. The molecule has 0 fully saturated rings. The van der Waals surface area contributed by atoms with Gasteiger partial charge in [-0.15, -0.1) is 6.42 Å². The van der Waals surface area contributed by atoms with Gasteiger partial charge in [-0.2, -0.15) is 18.4 Å². The number of allylic oxidation sites excluding steroid dienone is 8. The molecule has 1 N–H and O–H groups in total. The SMILES string of the molecule is C=C(/C(C)=C\C(=C/C)C(=O)N(C)C)C(CCC)CCC.C=C(C=[C-]CC)/C(=C\C=[N-])c1ccc(NC)nc1.CC.[CH3-].[K+]. The van der Waals surface area contributed by atoms with Crippen LogP contribution in [0.4, 0.5) is 5.82 Å². The Morgan fingerprint density at radius 3 is 2.10 bits per heavy atom.